The van der Waals surface area contributed by atoms with Crippen LogP contribution in [0.15, 0.2) is 21.8 Å². The highest BCUT2D eigenvalue weighted by molar-refractivity contribution is 5.79. The van der Waals surface area contributed by atoms with Gasteiger partial charge in [0.15, 0.2) is 5.96 Å². The number of aliphatic imine (C=N–C) groups is 1. The Bertz CT molecular complexity index is 720. The number of aryl methyl sites for hydroxylation is 2. The highest BCUT2D eigenvalue weighted by Crippen LogP contribution is 2.28. The molecule has 1 saturated carbocycles. The van der Waals surface area contributed by atoms with Crippen molar-refractivity contribution in [3.63, 3.8) is 0 Å². The number of aromatic nitrogens is 3. The van der Waals surface area contributed by atoms with Gasteiger partial charge in [-0.15, -0.1) is 0 Å². The van der Waals surface area contributed by atoms with E-state index in [4.69, 9.17) is 14.6 Å². The first-order valence-electron chi connectivity index (χ1n) is 10.3. The van der Waals surface area contributed by atoms with Crippen LogP contribution in [0.2, 0.25) is 0 Å². The van der Waals surface area contributed by atoms with Crippen LogP contribution in [-0.2, 0) is 25.9 Å². The molecule has 0 aromatic carbocycles. The van der Waals surface area contributed by atoms with Crippen LogP contribution < -0.4 is 10.6 Å². The summed E-state index contributed by atoms with van der Waals surface area (Å²) in [7, 11) is 0. The van der Waals surface area contributed by atoms with Gasteiger partial charge in [-0.25, -0.2) is 4.99 Å². The van der Waals surface area contributed by atoms with Crippen LogP contribution in [0.1, 0.15) is 75.2 Å². The van der Waals surface area contributed by atoms with Gasteiger partial charge in [0.1, 0.15) is 5.76 Å². The Kier molecular flexibility index (Phi) is 6.90. The molecular formula is C20H32N6O. The maximum absolute atomic E-state index is 5.44. The molecule has 1 fully saturated rings. The zero-order chi connectivity index (χ0) is 19.1. The SMILES string of the molecule is CCNC(=NCc1c(CC)noc1CC)NCc1ccn(C2CCCC2)n1. The zero-order valence-electron chi connectivity index (χ0n) is 16.8. The Balaban J connectivity index is 1.62. The molecule has 1 aliphatic rings. The third-order valence-electron chi connectivity index (χ3n) is 5.15. The fourth-order valence-corrected chi connectivity index (χ4v) is 3.63. The first-order valence-corrected chi connectivity index (χ1v) is 10.3. The average Bonchev–Trinajstić information content (AvgIpc) is 3.43. The number of hydrogen-bond acceptors (Lipinski definition) is 4. The molecule has 0 spiro atoms. The largest absolute Gasteiger partial charge is 0.361 e. The summed E-state index contributed by atoms with van der Waals surface area (Å²) in [5.74, 6) is 1.72. The molecule has 0 saturated heterocycles. The predicted octanol–water partition coefficient (Wildman–Crippen LogP) is 3.37. The lowest BCUT2D eigenvalue weighted by atomic mass is 10.1. The number of nitrogens with zero attached hydrogens (tertiary/aromatic N) is 4. The molecule has 0 aliphatic heterocycles. The lowest BCUT2D eigenvalue weighted by molar-refractivity contribution is 0.380. The predicted molar refractivity (Wildman–Crippen MR) is 107 cm³/mol. The lowest BCUT2D eigenvalue weighted by Gasteiger charge is -2.11. The summed E-state index contributed by atoms with van der Waals surface area (Å²) in [5.41, 5.74) is 3.16. The van der Waals surface area contributed by atoms with E-state index in [0.717, 1.165) is 48.1 Å². The van der Waals surface area contributed by atoms with E-state index < -0.39 is 0 Å². The molecule has 3 rings (SSSR count). The summed E-state index contributed by atoms with van der Waals surface area (Å²) < 4.78 is 7.57. The molecule has 27 heavy (non-hydrogen) atoms. The van der Waals surface area contributed by atoms with Gasteiger partial charge in [-0.1, -0.05) is 31.8 Å². The molecule has 0 unspecified atom stereocenters. The van der Waals surface area contributed by atoms with Crippen LogP contribution in [-0.4, -0.2) is 27.4 Å². The van der Waals surface area contributed by atoms with Gasteiger partial charge in [0.25, 0.3) is 0 Å². The zero-order valence-corrected chi connectivity index (χ0v) is 16.8. The van der Waals surface area contributed by atoms with Crippen LogP contribution in [0, 0.1) is 0 Å². The summed E-state index contributed by atoms with van der Waals surface area (Å²) in [4.78, 5) is 4.73. The minimum absolute atomic E-state index is 0.571. The monoisotopic (exact) mass is 372 g/mol. The van der Waals surface area contributed by atoms with Gasteiger partial charge in [0.05, 0.1) is 30.5 Å². The molecular weight excluding hydrogens is 340 g/mol. The van der Waals surface area contributed by atoms with Gasteiger partial charge in [-0.2, -0.15) is 5.10 Å². The molecule has 1 aliphatic carbocycles. The van der Waals surface area contributed by atoms with Crippen molar-refractivity contribution in [2.24, 2.45) is 4.99 Å². The van der Waals surface area contributed by atoms with Crippen molar-refractivity contribution in [1.82, 2.24) is 25.6 Å². The van der Waals surface area contributed by atoms with Crippen molar-refractivity contribution in [3.8, 4) is 0 Å². The Morgan fingerprint density at radius 1 is 1.22 bits per heavy atom. The van der Waals surface area contributed by atoms with E-state index in [2.05, 4.69) is 53.5 Å². The van der Waals surface area contributed by atoms with E-state index in [1.807, 2.05) is 0 Å². The van der Waals surface area contributed by atoms with Crippen molar-refractivity contribution >= 4 is 5.96 Å². The maximum Gasteiger partial charge on any atom is 0.191 e. The van der Waals surface area contributed by atoms with Gasteiger partial charge in [-0.05, 0) is 32.3 Å². The summed E-state index contributed by atoms with van der Waals surface area (Å²) in [5, 5.41) is 15.6. The van der Waals surface area contributed by atoms with Crippen LogP contribution in [0.5, 0.6) is 0 Å². The van der Waals surface area contributed by atoms with Gasteiger partial charge in [0.2, 0.25) is 0 Å². The number of guanidine groups is 1. The number of hydrogen-bond donors (Lipinski definition) is 2. The smallest absolute Gasteiger partial charge is 0.191 e. The average molecular weight is 373 g/mol. The van der Waals surface area contributed by atoms with Crippen LogP contribution in [0.3, 0.4) is 0 Å². The number of rotatable bonds is 8. The van der Waals surface area contributed by atoms with E-state index in [9.17, 15) is 0 Å². The molecule has 0 radical (unpaired) electrons. The van der Waals surface area contributed by atoms with Crippen LogP contribution >= 0.6 is 0 Å². The summed E-state index contributed by atoms with van der Waals surface area (Å²) in [6.45, 7) is 8.29. The van der Waals surface area contributed by atoms with E-state index >= 15 is 0 Å². The second kappa shape index (κ2) is 9.58. The summed E-state index contributed by atoms with van der Waals surface area (Å²) >= 11 is 0. The molecule has 148 valence electrons. The molecule has 2 aromatic heterocycles. The number of nitrogens with one attached hydrogen (secondary N) is 2. The Hall–Kier alpha value is -2.31. The molecule has 7 heteroatoms. The normalized spacial score (nSPS) is 15.4. The van der Waals surface area contributed by atoms with Crippen molar-refractivity contribution in [2.75, 3.05) is 6.54 Å². The fraction of sp³-hybridized carbons (Fsp3) is 0.650. The van der Waals surface area contributed by atoms with E-state index in [-0.39, 0.29) is 0 Å². The van der Waals surface area contributed by atoms with Gasteiger partial charge in [0, 0.05) is 24.7 Å². The first kappa shape index (κ1) is 19.5. The molecule has 7 nitrogen and oxygen atoms in total. The third-order valence-corrected chi connectivity index (χ3v) is 5.15. The van der Waals surface area contributed by atoms with Crippen molar-refractivity contribution in [3.05, 3.63) is 35.0 Å². The quantitative estimate of drug-likeness (QED) is 0.548. The lowest BCUT2D eigenvalue weighted by Crippen LogP contribution is -2.37. The Labute approximate surface area is 161 Å². The van der Waals surface area contributed by atoms with Crippen molar-refractivity contribution in [2.45, 2.75) is 78.4 Å². The second-order valence-corrected chi connectivity index (χ2v) is 7.01. The third kappa shape index (κ3) is 4.90. The summed E-state index contributed by atoms with van der Waals surface area (Å²) in [6, 6.07) is 2.67. The second-order valence-electron chi connectivity index (χ2n) is 7.01. The Morgan fingerprint density at radius 2 is 2.04 bits per heavy atom. The van der Waals surface area contributed by atoms with Gasteiger partial charge < -0.3 is 15.2 Å². The first-order chi connectivity index (χ1) is 13.2. The van der Waals surface area contributed by atoms with Crippen molar-refractivity contribution in [1.29, 1.82) is 0 Å². The Morgan fingerprint density at radius 3 is 2.74 bits per heavy atom. The highest BCUT2D eigenvalue weighted by atomic mass is 16.5. The fourth-order valence-electron chi connectivity index (χ4n) is 3.63. The molecule has 0 amide bonds. The van der Waals surface area contributed by atoms with E-state index in [1.165, 1.54) is 25.7 Å². The van der Waals surface area contributed by atoms with Crippen LogP contribution in [0.4, 0.5) is 0 Å². The minimum Gasteiger partial charge on any atom is -0.361 e. The molecule has 2 N–H and O–H groups in total. The van der Waals surface area contributed by atoms with E-state index in [1.54, 1.807) is 0 Å². The minimum atomic E-state index is 0.571. The summed E-state index contributed by atoms with van der Waals surface area (Å²) in [6.07, 6.45) is 8.93. The van der Waals surface area contributed by atoms with Crippen LogP contribution in [0.25, 0.3) is 0 Å². The van der Waals surface area contributed by atoms with Crippen molar-refractivity contribution < 1.29 is 4.52 Å². The topological polar surface area (TPSA) is 80.3 Å². The molecule has 2 heterocycles. The van der Waals surface area contributed by atoms with E-state index in [0.29, 0.717) is 19.1 Å². The highest BCUT2D eigenvalue weighted by Gasteiger charge is 2.17. The molecule has 2 aromatic rings. The maximum atomic E-state index is 5.44. The van der Waals surface area contributed by atoms with Gasteiger partial charge >= 0.3 is 0 Å². The molecule has 0 bridgehead atoms. The van der Waals surface area contributed by atoms with Gasteiger partial charge in [-0.3, -0.25) is 4.68 Å². The molecule has 0 atom stereocenters. The standard InChI is InChI=1S/C20H32N6O/c1-4-18-17(19(5-2)27-25-18)14-23-20(21-6-3)22-13-15-11-12-26(24-15)16-9-7-8-10-16/h11-12,16H,4-10,13-14H2,1-3H3,(H2,21,22,23).